The zero-order chi connectivity index (χ0) is 31.2. The summed E-state index contributed by atoms with van der Waals surface area (Å²) in [5.41, 5.74) is 0.931. The van der Waals surface area contributed by atoms with Crippen molar-refractivity contribution in [3.8, 4) is 11.5 Å². The van der Waals surface area contributed by atoms with Crippen molar-refractivity contribution in [2.45, 2.75) is 13.5 Å². The molecule has 0 aliphatic rings. The number of alkyl halides is 1. The SMILES string of the molecule is CC(=O)Nc1ccc(Oc2ccc3c(c2/C=C/c2ccccc2)c(=O)c(C(=O)OCI)cn3Cc2c(F)cccc2F)cc1. The molecule has 0 radical (unpaired) electrons. The van der Waals surface area contributed by atoms with Crippen molar-refractivity contribution in [2.75, 3.05) is 9.93 Å². The number of aromatic nitrogens is 1. The Morgan fingerprint density at radius 3 is 2.27 bits per heavy atom. The molecule has 10 heteroatoms. The molecule has 7 nitrogen and oxygen atoms in total. The molecular formula is C34H25F2IN2O5. The number of hydrogen-bond donors (Lipinski definition) is 1. The predicted molar refractivity (Wildman–Crippen MR) is 174 cm³/mol. The fourth-order valence-corrected chi connectivity index (χ4v) is 4.96. The largest absolute Gasteiger partial charge is 0.457 e. The number of amides is 1. The molecule has 1 N–H and O–H groups in total. The Bertz CT molecular complexity index is 1920. The third-order valence-electron chi connectivity index (χ3n) is 6.69. The topological polar surface area (TPSA) is 86.6 Å². The molecule has 0 saturated heterocycles. The number of benzene rings is 4. The molecule has 0 unspecified atom stereocenters. The molecular weight excluding hydrogens is 681 g/mol. The van der Waals surface area contributed by atoms with Crippen LogP contribution in [0.5, 0.6) is 11.5 Å². The summed E-state index contributed by atoms with van der Waals surface area (Å²) < 4.78 is 42.3. The molecule has 0 atom stereocenters. The van der Waals surface area contributed by atoms with Crippen LogP contribution in [0.2, 0.25) is 0 Å². The summed E-state index contributed by atoms with van der Waals surface area (Å²) in [5, 5.41) is 2.79. The zero-order valence-corrected chi connectivity index (χ0v) is 25.5. The number of anilines is 1. The van der Waals surface area contributed by atoms with Gasteiger partial charge in [0.25, 0.3) is 0 Å². The van der Waals surface area contributed by atoms with E-state index in [1.165, 1.54) is 23.8 Å². The van der Waals surface area contributed by atoms with Crippen molar-refractivity contribution in [1.82, 2.24) is 4.57 Å². The van der Waals surface area contributed by atoms with Gasteiger partial charge in [-0.2, -0.15) is 0 Å². The second-order valence-electron chi connectivity index (χ2n) is 9.66. The highest BCUT2D eigenvalue weighted by molar-refractivity contribution is 14.1. The lowest BCUT2D eigenvalue weighted by Gasteiger charge is -2.18. The van der Waals surface area contributed by atoms with Crippen LogP contribution in [0.25, 0.3) is 23.1 Å². The van der Waals surface area contributed by atoms with Gasteiger partial charge in [-0.1, -0.05) is 42.5 Å². The minimum atomic E-state index is -0.869. The smallest absolute Gasteiger partial charge is 0.344 e. The van der Waals surface area contributed by atoms with Crippen molar-refractivity contribution in [3.05, 3.63) is 135 Å². The summed E-state index contributed by atoms with van der Waals surface area (Å²) >= 11 is 1.84. The van der Waals surface area contributed by atoms with Crippen LogP contribution in [-0.2, 0) is 16.1 Å². The van der Waals surface area contributed by atoms with Crippen LogP contribution in [0, 0.1) is 11.6 Å². The third-order valence-corrected chi connectivity index (χ3v) is 7.00. The molecule has 0 saturated carbocycles. The maximum absolute atomic E-state index is 14.7. The first-order chi connectivity index (χ1) is 21.2. The van der Waals surface area contributed by atoms with Gasteiger partial charge in [-0.25, -0.2) is 13.6 Å². The van der Waals surface area contributed by atoms with Gasteiger partial charge in [0.1, 0.15) is 33.3 Å². The first-order valence-electron chi connectivity index (χ1n) is 13.4. The van der Waals surface area contributed by atoms with Crippen molar-refractivity contribution >= 4 is 63.2 Å². The van der Waals surface area contributed by atoms with E-state index in [-0.39, 0.29) is 39.3 Å². The number of fused-ring (bicyclic) bond motifs is 1. The summed E-state index contributed by atoms with van der Waals surface area (Å²) in [5.74, 6) is -1.91. The molecule has 1 amide bonds. The van der Waals surface area contributed by atoms with E-state index in [1.54, 1.807) is 48.6 Å². The molecule has 5 aromatic rings. The average molecular weight is 706 g/mol. The maximum atomic E-state index is 14.7. The Balaban J connectivity index is 1.74. The summed E-state index contributed by atoms with van der Waals surface area (Å²) in [6.07, 6.45) is 4.75. The second-order valence-corrected chi connectivity index (χ2v) is 10.3. The number of halogens is 3. The van der Waals surface area contributed by atoms with Gasteiger partial charge in [0.05, 0.1) is 17.4 Å². The molecule has 0 aliphatic carbocycles. The molecule has 0 aliphatic heterocycles. The van der Waals surface area contributed by atoms with Gasteiger partial charge in [0.15, 0.2) is 0 Å². The number of nitrogens with zero attached hydrogens (tertiary/aromatic N) is 1. The molecule has 5 rings (SSSR count). The van der Waals surface area contributed by atoms with Gasteiger partial charge in [-0.05, 0) is 82.8 Å². The number of hydrogen-bond acceptors (Lipinski definition) is 5. The van der Waals surface area contributed by atoms with Crippen LogP contribution < -0.4 is 15.5 Å². The first-order valence-corrected chi connectivity index (χ1v) is 14.9. The fourth-order valence-electron chi connectivity index (χ4n) is 4.68. The molecule has 222 valence electrons. The van der Waals surface area contributed by atoms with E-state index in [1.807, 2.05) is 52.9 Å². The van der Waals surface area contributed by atoms with Gasteiger partial charge in [0, 0.05) is 29.9 Å². The van der Waals surface area contributed by atoms with Crippen LogP contribution in [0.1, 0.15) is 34.0 Å². The van der Waals surface area contributed by atoms with Gasteiger partial charge >= 0.3 is 5.97 Å². The zero-order valence-electron chi connectivity index (χ0n) is 23.4. The monoisotopic (exact) mass is 706 g/mol. The Morgan fingerprint density at radius 1 is 0.909 bits per heavy atom. The lowest BCUT2D eigenvalue weighted by atomic mass is 10.0. The van der Waals surface area contributed by atoms with Gasteiger partial charge < -0.3 is 19.4 Å². The van der Waals surface area contributed by atoms with E-state index < -0.39 is 23.0 Å². The van der Waals surface area contributed by atoms with Crippen molar-refractivity contribution in [3.63, 3.8) is 0 Å². The van der Waals surface area contributed by atoms with Crippen molar-refractivity contribution in [1.29, 1.82) is 0 Å². The number of rotatable bonds is 9. The van der Waals surface area contributed by atoms with Crippen LogP contribution in [0.4, 0.5) is 14.5 Å². The average Bonchev–Trinajstić information content (AvgIpc) is 3.00. The standard InChI is InChI=1S/C34H25F2IN2O5/c1-21(40)38-23-11-13-24(14-12-23)44-31-17-16-30-32(25(31)15-10-22-6-3-2-4-7-22)33(41)27(34(42)43-20-37)19-39(30)18-26-28(35)8-5-9-29(26)36/h2-17,19H,18,20H2,1H3,(H,38,40)/b15-10+. The quantitative estimate of drug-likeness (QED) is 0.0732. The highest BCUT2D eigenvalue weighted by Gasteiger charge is 2.22. The normalized spacial score (nSPS) is 11.1. The number of pyridine rings is 1. The summed E-state index contributed by atoms with van der Waals surface area (Å²) in [6, 6.07) is 22.8. The minimum absolute atomic E-state index is 0.00554. The van der Waals surface area contributed by atoms with E-state index in [4.69, 9.17) is 9.47 Å². The summed E-state index contributed by atoms with van der Waals surface area (Å²) in [6.45, 7) is 1.11. The van der Waals surface area contributed by atoms with Gasteiger partial charge in [-0.3, -0.25) is 9.59 Å². The Hall–Kier alpha value is -4.84. The van der Waals surface area contributed by atoms with Crippen LogP contribution in [0.15, 0.2) is 95.9 Å². The molecule has 4 aromatic carbocycles. The third kappa shape index (κ3) is 6.86. The van der Waals surface area contributed by atoms with Crippen LogP contribution in [0.3, 0.4) is 0 Å². The van der Waals surface area contributed by atoms with Crippen molar-refractivity contribution in [2.24, 2.45) is 0 Å². The van der Waals surface area contributed by atoms with E-state index in [0.29, 0.717) is 22.5 Å². The lowest BCUT2D eigenvalue weighted by Crippen LogP contribution is -2.22. The highest BCUT2D eigenvalue weighted by atomic mass is 127. The number of nitrogens with one attached hydrogen (secondary N) is 1. The molecule has 44 heavy (non-hydrogen) atoms. The van der Waals surface area contributed by atoms with E-state index >= 15 is 0 Å². The molecule has 1 aromatic heterocycles. The van der Waals surface area contributed by atoms with Crippen LogP contribution in [-0.4, -0.2) is 21.1 Å². The van der Waals surface area contributed by atoms with Gasteiger partial charge in [-0.15, -0.1) is 0 Å². The first kappa shape index (κ1) is 30.6. The van der Waals surface area contributed by atoms with Gasteiger partial charge in [0.2, 0.25) is 11.3 Å². The number of carbonyl (C=O) groups is 2. The number of esters is 1. The maximum Gasteiger partial charge on any atom is 0.344 e. The fraction of sp³-hybridized carbons (Fsp3) is 0.0882. The molecule has 0 fully saturated rings. The number of carbonyl (C=O) groups excluding carboxylic acids is 2. The predicted octanol–water partition coefficient (Wildman–Crippen LogP) is 7.80. The Labute approximate surface area is 264 Å². The number of ether oxygens (including phenoxy) is 2. The van der Waals surface area contributed by atoms with E-state index in [0.717, 1.165) is 17.7 Å². The summed E-state index contributed by atoms with van der Waals surface area (Å²) in [7, 11) is 0. The molecule has 0 spiro atoms. The minimum Gasteiger partial charge on any atom is -0.457 e. The molecule has 1 heterocycles. The van der Waals surface area contributed by atoms with E-state index in [9.17, 15) is 23.2 Å². The second kappa shape index (κ2) is 13.6. The summed E-state index contributed by atoms with van der Waals surface area (Å²) in [4.78, 5) is 38.3. The Kier molecular flexibility index (Phi) is 9.49. The van der Waals surface area contributed by atoms with Crippen LogP contribution >= 0.6 is 22.6 Å². The van der Waals surface area contributed by atoms with E-state index in [2.05, 4.69) is 5.32 Å². The Morgan fingerprint density at radius 2 is 1.61 bits per heavy atom. The van der Waals surface area contributed by atoms with Crippen molar-refractivity contribution < 1.29 is 27.8 Å². The lowest BCUT2D eigenvalue weighted by molar-refractivity contribution is -0.114. The highest BCUT2D eigenvalue weighted by Crippen LogP contribution is 2.33. The molecule has 0 bridgehead atoms.